The van der Waals surface area contributed by atoms with Crippen LogP contribution in [0.2, 0.25) is 0 Å². The molecule has 6 nitrogen and oxygen atoms in total. The van der Waals surface area contributed by atoms with E-state index in [4.69, 9.17) is 5.14 Å². The second kappa shape index (κ2) is 3.80. The van der Waals surface area contributed by atoms with E-state index in [-0.39, 0.29) is 5.82 Å². The fourth-order valence-electron chi connectivity index (χ4n) is 1.05. The van der Waals surface area contributed by atoms with Crippen molar-refractivity contribution in [3.63, 3.8) is 0 Å². The maximum absolute atomic E-state index is 12.5. The molecule has 1 atom stereocenters. The van der Waals surface area contributed by atoms with Crippen molar-refractivity contribution in [3.8, 4) is 0 Å². The molecular formula is C7H10FN3O3S. The average Bonchev–Trinajstić information content (AvgIpc) is 2.00. The lowest BCUT2D eigenvalue weighted by molar-refractivity contribution is 0.0718. The molecule has 1 aromatic heterocycles. The van der Waals surface area contributed by atoms with Crippen molar-refractivity contribution in [2.75, 3.05) is 5.75 Å². The molecule has 0 aliphatic carbocycles. The van der Waals surface area contributed by atoms with Gasteiger partial charge in [0.15, 0.2) is 11.6 Å². The van der Waals surface area contributed by atoms with Crippen LogP contribution >= 0.6 is 0 Å². The van der Waals surface area contributed by atoms with Gasteiger partial charge >= 0.3 is 0 Å². The Hall–Kier alpha value is -1.12. The van der Waals surface area contributed by atoms with Crippen molar-refractivity contribution < 1.29 is 17.9 Å². The summed E-state index contributed by atoms with van der Waals surface area (Å²) in [5.74, 6) is -1.60. The zero-order valence-corrected chi connectivity index (χ0v) is 8.70. The number of primary sulfonamides is 1. The van der Waals surface area contributed by atoms with Crippen LogP contribution in [0.1, 0.15) is 12.7 Å². The zero-order valence-electron chi connectivity index (χ0n) is 7.88. The van der Waals surface area contributed by atoms with E-state index in [0.717, 1.165) is 12.4 Å². The molecule has 1 aromatic rings. The molecule has 1 heterocycles. The van der Waals surface area contributed by atoms with Crippen LogP contribution in [0.5, 0.6) is 0 Å². The highest BCUT2D eigenvalue weighted by atomic mass is 32.2. The number of sulfonamides is 1. The van der Waals surface area contributed by atoms with Crippen molar-refractivity contribution >= 4 is 10.0 Å². The minimum absolute atomic E-state index is 0.196. The first-order valence-electron chi connectivity index (χ1n) is 3.91. The molecule has 0 aliphatic heterocycles. The SMILES string of the molecule is CC(O)(CS(N)(=O)=O)c1ncc(F)cn1. The molecule has 0 aromatic carbocycles. The molecule has 8 heteroatoms. The first-order chi connectivity index (χ1) is 6.71. The van der Waals surface area contributed by atoms with E-state index >= 15 is 0 Å². The smallest absolute Gasteiger partial charge is 0.212 e. The van der Waals surface area contributed by atoms with Gasteiger partial charge in [0, 0.05) is 0 Å². The molecule has 1 rings (SSSR count). The van der Waals surface area contributed by atoms with Crippen molar-refractivity contribution in [2.45, 2.75) is 12.5 Å². The first kappa shape index (κ1) is 12.0. The van der Waals surface area contributed by atoms with Gasteiger partial charge in [0.05, 0.1) is 18.1 Å². The van der Waals surface area contributed by atoms with Crippen molar-refractivity contribution in [1.82, 2.24) is 9.97 Å². The van der Waals surface area contributed by atoms with E-state index in [1.54, 1.807) is 0 Å². The van der Waals surface area contributed by atoms with E-state index in [9.17, 15) is 17.9 Å². The number of hydrogen-bond donors (Lipinski definition) is 2. The molecule has 0 radical (unpaired) electrons. The van der Waals surface area contributed by atoms with Gasteiger partial charge in [-0.2, -0.15) is 0 Å². The van der Waals surface area contributed by atoms with Crippen LogP contribution in [0, 0.1) is 5.82 Å². The second-order valence-electron chi connectivity index (χ2n) is 3.31. The van der Waals surface area contributed by atoms with E-state index in [1.807, 2.05) is 0 Å². The van der Waals surface area contributed by atoms with Crippen LogP contribution in [-0.4, -0.2) is 29.2 Å². The van der Waals surface area contributed by atoms with Gasteiger partial charge in [0.2, 0.25) is 10.0 Å². The van der Waals surface area contributed by atoms with Gasteiger partial charge in [-0.15, -0.1) is 0 Å². The molecule has 0 bridgehead atoms. The Kier molecular flexibility index (Phi) is 3.03. The topological polar surface area (TPSA) is 106 Å². The number of nitrogens with zero attached hydrogens (tertiary/aromatic N) is 2. The summed E-state index contributed by atoms with van der Waals surface area (Å²) >= 11 is 0. The summed E-state index contributed by atoms with van der Waals surface area (Å²) < 4.78 is 34.0. The Labute approximate surface area is 86.0 Å². The zero-order chi connectivity index (χ0) is 11.7. The highest BCUT2D eigenvalue weighted by Gasteiger charge is 2.31. The largest absolute Gasteiger partial charge is 0.381 e. The monoisotopic (exact) mass is 235 g/mol. The van der Waals surface area contributed by atoms with Crippen molar-refractivity contribution in [1.29, 1.82) is 0 Å². The lowest BCUT2D eigenvalue weighted by Crippen LogP contribution is -2.36. The average molecular weight is 235 g/mol. The molecule has 0 aliphatic rings. The van der Waals surface area contributed by atoms with Gasteiger partial charge in [-0.1, -0.05) is 0 Å². The summed E-state index contributed by atoms with van der Waals surface area (Å²) in [4.78, 5) is 6.96. The number of hydrogen-bond acceptors (Lipinski definition) is 5. The van der Waals surface area contributed by atoms with Crippen molar-refractivity contribution in [3.05, 3.63) is 24.0 Å². The minimum atomic E-state index is -3.86. The van der Waals surface area contributed by atoms with Crippen molar-refractivity contribution in [2.24, 2.45) is 5.14 Å². The maximum atomic E-state index is 12.5. The first-order valence-corrected chi connectivity index (χ1v) is 5.63. The van der Waals surface area contributed by atoms with Gasteiger partial charge in [-0.05, 0) is 6.92 Å². The van der Waals surface area contributed by atoms with Gasteiger partial charge < -0.3 is 5.11 Å². The number of aromatic nitrogens is 2. The highest BCUT2D eigenvalue weighted by molar-refractivity contribution is 7.89. The van der Waals surface area contributed by atoms with Crippen LogP contribution in [0.25, 0.3) is 0 Å². The molecule has 15 heavy (non-hydrogen) atoms. The normalized spacial score (nSPS) is 16.0. The Bertz CT molecular complexity index is 443. The molecule has 0 amide bonds. The molecule has 3 N–H and O–H groups in total. The summed E-state index contributed by atoms with van der Waals surface area (Å²) in [7, 11) is -3.86. The molecule has 0 saturated heterocycles. The van der Waals surface area contributed by atoms with Crippen LogP contribution in [0.15, 0.2) is 12.4 Å². The molecule has 0 spiro atoms. The standard InChI is InChI=1S/C7H10FN3O3S/c1-7(12,4-15(9,13)14)6-10-2-5(8)3-11-6/h2-3,12H,4H2,1H3,(H2,9,13,14). The Balaban J connectivity index is 3.00. The lowest BCUT2D eigenvalue weighted by Gasteiger charge is -2.19. The Morgan fingerprint density at radius 1 is 1.53 bits per heavy atom. The number of rotatable bonds is 3. The number of nitrogens with two attached hydrogens (primary N) is 1. The Morgan fingerprint density at radius 2 is 2.00 bits per heavy atom. The molecule has 1 unspecified atom stereocenters. The molecule has 0 fully saturated rings. The molecule has 84 valence electrons. The van der Waals surface area contributed by atoms with Crippen LogP contribution in [-0.2, 0) is 15.6 Å². The highest BCUT2D eigenvalue weighted by Crippen LogP contribution is 2.17. The lowest BCUT2D eigenvalue weighted by atomic mass is 10.1. The summed E-state index contributed by atoms with van der Waals surface area (Å²) in [5.41, 5.74) is -1.83. The van der Waals surface area contributed by atoms with Crippen LogP contribution in [0.4, 0.5) is 4.39 Å². The third-order valence-electron chi connectivity index (χ3n) is 1.58. The molecule has 0 saturated carbocycles. The quantitative estimate of drug-likeness (QED) is 0.707. The van der Waals surface area contributed by atoms with Crippen LogP contribution < -0.4 is 5.14 Å². The van der Waals surface area contributed by atoms with E-state index in [2.05, 4.69) is 9.97 Å². The third kappa shape index (κ3) is 3.50. The predicted molar refractivity (Wildman–Crippen MR) is 49.5 cm³/mol. The van der Waals surface area contributed by atoms with Gasteiger partial charge in [0.25, 0.3) is 0 Å². The fourth-order valence-corrected chi connectivity index (χ4v) is 1.96. The van der Waals surface area contributed by atoms with E-state index in [0.29, 0.717) is 0 Å². The second-order valence-corrected chi connectivity index (χ2v) is 4.92. The fraction of sp³-hybridized carbons (Fsp3) is 0.429. The van der Waals surface area contributed by atoms with Gasteiger partial charge in [-0.25, -0.2) is 27.9 Å². The van der Waals surface area contributed by atoms with Crippen LogP contribution in [0.3, 0.4) is 0 Å². The third-order valence-corrected chi connectivity index (χ3v) is 2.55. The summed E-state index contributed by atoms with van der Waals surface area (Å²) in [6.07, 6.45) is 1.67. The van der Waals surface area contributed by atoms with E-state index < -0.39 is 27.2 Å². The predicted octanol–water partition coefficient (Wildman–Crippen LogP) is -0.888. The molecular weight excluding hydrogens is 225 g/mol. The van der Waals surface area contributed by atoms with E-state index in [1.165, 1.54) is 6.92 Å². The summed E-state index contributed by atoms with van der Waals surface area (Å²) in [6.45, 7) is 1.19. The van der Waals surface area contributed by atoms with Gasteiger partial charge in [-0.3, -0.25) is 0 Å². The number of aliphatic hydroxyl groups is 1. The maximum Gasteiger partial charge on any atom is 0.212 e. The number of halogens is 1. The summed E-state index contributed by atoms with van der Waals surface area (Å²) in [6, 6.07) is 0. The van der Waals surface area contributed by atoms with Gasteiger partial charge in [0.1, 0.15) is 5.60 Å². The summed E-state index contributed by atoms with van der Waals surface area (Å²) in [5, 5.41) is 14.5. The Morgan fingerprint density at radius 3 is 2.40 bits per heavy atom. The minimum Gasteiger partial charge on any atom is -0.381 e.